The molecule has 140 valence electrons. The van der Waals surface area contributed by atoms with Crippen LogP contribution < -0.4 is 16.0 Å². The summed E-state index contributed by atoms with van der Waals surface area (Å²) in [5.74, 6) is 0.562. The quantitative estimate of drug-likeness (QED) is 0.704. The van der Waals surface area contributed by atoms with E-state index < -0.39 is 0 Å². The molecule has 1 atom stereocenters. The molecular formula is C20H28N4O2. The number of carbonyl (C=O) groups excluding carboxylic acids is 2. The van der Waals surface area contributed by atoms with Gasteiger partial charge in [-0.05, 0) is 56.6 Å². The van der Waals surface area contributed by atoms with Gasteiger partial charge in [-0.2, -0.15) is 0 Å². The summed E-state index contributed by atoms with van der Waals surface area (Å²) in [6.07, 6.45) is 8.74. The molecule has 26 heavy (non-hydrogen) atoms. The van der Waals surface area contributed by atoms with Crippen molar-refractivity contribution in [2.24, 2.45) is 5.92 Å². The van der Waals surface area contributed by atoms with E-state index in [0.29, 0.717) is 25.4 Å². The number of nitrogens with zero attached hydrogens (tertiary/aromatic N) is 1. The van der Waals surface area contributed by atoms with Crippen molar-refractivity contribution in [2.45, 2.75) is 38.5 Å². The topological polar surface area (TPSA) is 73.5 Å². The zero-order valence-corrected chi connectivity index (χ0v) is 15.2. The normalized spacial score (nSPS) is 19.2. The highest BCUT2D eigenvalue weighted by Gasteiger charge is 2.29. The fourth-order valence-corrected chi connectivity index (χ4v) is 3.67. The molecule has 3 N–H and O–H groups in total. The number of allylic oxidation sites excluding steroid dienone is 2. The van der Waals surface area contributed by atoms with E-state index in [-0.39, 0.29) is 12.1 Å². The van der Waals surface area contributed by atoms with Crippen molar-refractivity contribution in [3.05, 3.63) is 42.1 Å². The predicted octanol–water partition coefficient (Wildman–Crippen LogP) is 3.69. The summed E-state index contributed by atoms with van der Waals surface area (Å²) in [6, 6.07) is 9.10. The van der Waals surface area contributed by atoms with E-state index in [1.807, 2.05) is 35.2 Å². The minimum absolute atomic E-state index is 0.00316. The summed E-state index contributed by atoms with van der Waals surface area (Å²) in [5.41, 5.74) is 1.99. The maximum absolute atomic E-state index is 12.5. The van der Waals surface area contributed by atoms with Crippen molar-refractivity contribution >= 4 is 17.7 Å². The van der Waals surface area contributed by atoms with Crippen LogP contribution in [-0.2, 0) is 0 Å². The molecule has 2 aliphatic rings. The number of hydrogen-bond donors (Lipinski definition) is 3. The van der Waals surface area contributed by atoms with Crippen LogP contribution in [0.25, 0.3) is 0 Å². The molecule has 4 amide bonds. The third-order valence-electron chi connectivity index (χ3n) is 4.97. The predicted molar refractivity (Wildman–Crippen MR) is 103 cm³/mol. The minimum atomic E-state index is -0.228. The van der Waals surface area contributed by atoms with E-state index in [4.69, 9.17) is 0 Å². The van der Waals surface area contributed by atoms with Crippen LogP contribution in [0, 0.1) is 5.92 Å². The summed E-state index contributed by atoms with van der Waals surface area (Å²) >= 11 is 0. The standard InChI is InChI=1S/C20H28N4O2/c25-19(23-17-10-2-1-3-11-17)21-13-7-14-22-20(26)24-15-6-9-16-8-4-5-12-18(16)24/h1-3,10-12,16H,4-9,13-15H2,(H,22,26)(H2,21,23,25). The van der Waals surface area contributed by atoms with E-state index in [2.05, 4.69) is 22.0 Å². The Hall–Kier alpha value is -2.50. The number of amides is 4. The summed E-state index contributed by atoms with van der Waals surface area (Å²) in [7, 11) is 0. The number of anilines is 1. The fourth-order valence-electron chi connectivity index (χ4n) is 3.67. The first kappa shape index (κ1) is 18.3. The van der Waals surface area contributed by atoms with Gasteiger partial charge in [0.15, 0.2) is 0 Å². The van der Waals surface area contributed by atoms with Crippen LogP contribution in [-0.4, -0.2) is 36.6 Å². The zero-order valence-electron chi connectivity index (χ0n) is 15.2. The summed E-state index contributed by atoms with van der Waals surface area (Å²) in [5, 5.41) is 8.56. The van der Waals surface area contributed by atoms with Crippen LogP contribution in [0.5, 0.6) is 0 Å². The molecule has 3 rings (SSSR count). The van der Waals surface area contributed by atoms with Gasteiger partial charge in [-0.15, -0.1) is 0 Å². The van der Waals surface area contributed by atoms with Crippen LogP contribution in [0.2, 0.25) is 0 Å². The summed E-state index contributed by atoms with van der Waals surface area (Å²) in [6.45, 7) is 1.88. The number of hydrogen-bond acceptors (Lipinski definition) is 2. The Morgan fingerprint density at radius 3 is 2.65 bits per heavy atom. The molecule has 1 aliphatic heterocycles. The number of likely N-dealkylation sites (tertiary alicyclic amines) is 1. The third kappa shape index (κ3) is 5.00. The lowest BCUT2D eigenvalue weighted by Gasteiger charge is -2.37. The van der Waals surface area contributed by atoms with Crippen LogP contribution in [0.15, 0.2) is 42.1 Å². The molecule has 1 fully saturated rings. The molecule has 0 bridgehead atoms. The molecule has 1 aromatic carbocycles. The van der Waals surface area contributed by atoms with Crippen molar-refractivity contribution in [3.8, 4) is 0 Å². The number of benzene rings is 1. The molecule has 1 aromatic rings. The number of para-hydroxylation sites is 1. The van der Waals surface area contributed by atoms with E-state index in [1.54, 1.807) is 0 Å². The Morgan fingerprint density at radius 2 is 1.81 bits per heavy atom. The van der Waals surface area contributed by atoms with Gasteiger partial charge in [0.05, 0.1) is 0 Å². The first-order chi connectivity index (χ1) is 12.7. The van der Waals surface area contributed by atoms with Gasteiger partial charge in [0.25, 0.3) is 0 Å². The van der Waals surface area contributed by atoms with Crippen molar-refractivity contribution in [2.75, 3.05) is 25.0 Å². The van der Waals surface area contributed by atoms with Gasteiger partial charge >= 0.3 is 12.1 Å². The monoisotopic (exact) mass is 356 g/mol. The Kier molecular flexibility index (Phi) is 6.52. The maximum atomic E-state index is 12.5. The molecule has 1 unspecified atom stereocenters. The second kappa shape index (κ2) is 9.27. The van der Waals surface area contributed by atoms with Crippen molar-refractivity contribution in [1.82, 2.24) is 15.5 Å². The molecule has 0 spiro atoms. The Morgan fingerprint density at radius 1 is 1.04 bits per heavy atom. The Bertz CT molecular complexity index is 644. The average Bonchev–Trinajstić information content (AvgIpc) is 2.68. The van der Waals surface area contributed by atoms with Gasteiger partial charge in [-0.3, -0.25) is 4.90 Å². The smallest absolute Gasteiger partial charge is 0.321 e. The SMILES string of the molecule is O=C(NCCCNC(=O)N1CCCC2CCCC=C21)Nc1ccccc1. The van der Waals surface area contributed by atoms with E-state index in [0.717, 1.165) is 25.1 Å². The second-order valence-electron chi connectivity index (χ2n) is 6.88. The lowest BCUT2D eigenvalue weighted by atomic mass is 9.85. The van der Waals surface area contributed by atoms with E-state index in [9.17, 15) is 9.59 Å². The Labute approximate surface area is 155 Å². The number of piperidine rings is 1. The lowest BCUT2D eigenvalue weighted by Crippen LogP contribution is -2.45. The van der Waals surface area contributed by atoms with Crippen LogP contribution in [0.1, 0.15) is 38.5 Å². The van der Waals surface area contributed by atoms with Gasteiger partial charge in [-0.25, -0.2) is 9.59 Å². The van der Waals surface area contributed by atoms with E-state index in [1.165, 1.54) is 25.0 Å². The molecule has 0 aromatic heterocycles. The van der Waals surface area contributed by atoms with Crippen molar-refractivity contribution in [1.29, 1.82) is 0 Å². The lowest BCUT2D eigenvalue weighted by molar-refractivity contribution is 0.187. The van der Waals surface area contributed by atoms with Gasteiger partial charge in [0.2, 0.25) is 0 Å². The van der Waals surface area contributed by atoms with E-state index >= 15 is 0 Å². The van der Waals surface area contributed by atoms with Gasteiger partial charge in [0, 0.05) is 31.0 Å². The van der Waals surface area contributed by atoms with Crippen LogP contribution in [0.3, 0.4) is 0 Å². The van der Waals surface area contributed by atoms with Crippen LogP contribution in [0.4, 0.5) is 15.3 Å². The molecule has 1 aliphatic carbocycles. The highest BCUT2D eigenvalue weighted by Crippen LogP contribution is 2.34. The van der Waals surface area contributed by atoms with Gasteiger partial charge in [-0.1, -0.05) is 24.3 Å². The van der Waals surface area contributed by atoms with Crippen molar-refractivity contribution in [3.63, 3.8) is 0 Å². The number of carbonyl (C=O) groups is 2. The minimum Gasteiger partial charge on any atom is -0.338 e. The van der Waals surface area contributed by atoms with Gasteiger partial charge < -0.3 is 16.0 Å². The Balaban J connectivity index is 1.34. The van der Waals surface area contributed by atoms with Crippen LogP contribution >= 0.6 is 0 Å². The number of rotatable bonds is 5. The molecule has 6 heteroatoms. The largest absolute Gasteiger partial charge is 0.338 e. The molecule has 6 nitrogen and oxygen atoms in total. The first-order valence-corrected chi connectivity index (χ1v) is 9.59. The molecular weight excluding hydrogens is 328 g/mol. The molecule has 0 saturated carbocycles. The molecule has 0 radical (unpaired) electrons. The van der Waals surface area contributed by atoms with Crippen molar-refractivity contribution < 1.29 is 9.59 Å². The summed E-state index contributed by atoms with van der Waals surface area (Å²) in [4.78, 5) is 26.2. The summed E-state index contributed by atoms with van der Waals surface area (Å²) < 4.78 is 0. The first-order valence-electron chi connectivity index (χ1n) is 9.59. The zero-order chi connectivity index (χ0) is 18.2. The fraction of sp³-hybridized carbons (Fsp3) is 0.500. The second-order valence-corrected chi connectivity index (χ2v) is 6.88. The average molecular weight is 356 g/mol. The maximum Gasteiger partial charge on any atom is 0.321 e. The number of fused-ring (bicyclic) bond motifs is 1. The number of urea groups is 2. The molecule has 1 heterocycles. The number of nitrogens with one attached hydrogen (secondary N) is 3. The van der Waals surface area contributed by atoms with Gasteiger partial charge in [0.1, 0.15) is 0 Å². The highest BCUT2D eigenvalue weighted by atomic mass is 16.2. The third-order valence-corrected chi connectivity index (χ3v) is 4.97. The molecule has 1 saturated heterocycles. The highest BCUT2D eigenvalue weighted by molar-refractivity contribution is 5.89.